The quantitative estimate of drug-likeness (QED) is 0.347. The third-order valence-corrected chi connectivity index (χ3v) is 9.91. The van der Waals surface area contributed by atoms with Crippen LogP contribution in [0.15, 0.2) is 48.5 Å². The summed E-state index contributed by atoms with van der Waals surface area (Å²) in [6.07, 6.45) is -0.124. The Balaban J connectivity index is 1.28. The number of nitrogens with one attached hydrogen (secondary N) is 2. The summed E-state index contributed by atoms with van der Waals surface area (Å²) >= 11 is 0. The molecule has 2 N–H and O–H groups in total. The summed E-state index contributed by atoms with van der Waals surface area (Å²) in [7, 11) is 5.64. The second kappa shape index (κ2) is 17.4. The molecule has 52 heavy (non-hydrogen) atoms. The molecule has 0 aliphatic carbocycles. The number of carbonyl (C=O) groups is 6. The molecule has 4 atom stereocenters. The number of rotatable bonds is 11. The fourth-order valence-corrected chi connectivity index (χ4v) is 7.01. The summed E-state index contributed by atoms with van der Waals surface area (Å²) in [5.74, 6) is -1.76. The summed E-state index contributed by atoms with van der Waals surface area (Å²) in [4.78, 5) is 82.9. The molecular formula is C38H52N6O8. The molecule has 0 saturated carbocycles. The standard InChI is InChI=1S/C38H52N6O8/c1-23(2)31(41(5)37(49)51-7)35(47)43-19-17-27(21-43)33(45)39-29-13-9-25(10-14-29)26-11-15-30(16-12-26)40-34(46)28-18-20-44(22-28)36(48)32(24(3)4)42(6)38(50)52-8/h9-16,23-24,27-28,31-32H,17-22H2,1-8H3,(H,39,45)(H,40,46)/t27-,28+,31-,32+. The normalized spacial score (nSPS) is 18.1. The Hall–Kier alpha value is -5.14. The highest BCUT2D eigenvalue weighted by Crippen LogP contribution is 2.27. The lowest BCUT2D eigenvalue weighted by molar-refractivity contribution is -0.137. The van der Waals surface area contributed by atoms with E-state index in [4.69, 9.17) is 9.47 Å². The SMILES string of the molecule is COC(=O)N(C)[C@H](C(=O)N1CC[C@H](C(=O)Nc2ccc(-c3ccc(NC(=O)[C@@H]4CCN(C(=O)[C@@H](C(C)C)N(C)C(=O)OC)C4)cc3)cc2)C1)C(C)C. The van der Waals surface area contributed by atoms with E-state index in [1.165, 1.54) is 24.0 Å². The van der Waals surface area contributed by atoms with Crippen LogP contribution in [0.3, 0.4) is 0 Å². The van der Waals surface area contributed by atoms with Gasteiger partial charge in [-0.3, -0.25) is 29.0 Å². The van der Waals surface area contributed by atoms with Crippen LogP contribution in [0.25, 0.3) is 11.1 Å². The molecule has 0 radical (unpaired) electrons. The molecule has 2 aliphatic heterocycles. The number of hydrogen-bond donors (Lipinski definition) is 2. The largest absolute Gasteiger partial charge is 0.453 e. The van der Waals surface area contributed by atoms with Gasteiger partial charge in [-0.2, -0.15) is 0 Å². The second-order valence-corrected chi connectivity index (χ2v) is 14.2. The minimum atomic E-state index is -0.686. The first-order valence-electron chi connectivity index (χ1n) is 17.7. The Labute approximate surface area is 305 Å². The number of methoxy groups -OCH3 is 2. The van der Waals surface area contributed by atoms with Crippen LogP contribution in [-0.2, 0) is 28.7 Å². The fourth-order valence-electron chi connectivity index (χ4n) is 7.01. The maximum absolute atomic E-state index is 13.3. The van der Waals surface area contributed by atoms with E-state index in [0.717, 1.165) is 11.1 Å². The topological polar surface area (TPSA) is 158 Å². The van der Waals surface area contributed by atoms with Gasteiger partial charge in [0, 0.05) is 51.6 Å². The summed E-state index contributed by atoms with van der Waals surface area (Å²) in [6.45, 7) is 8.88. The highest BCUT2D eigenvalue weighted by Gasteiger charge is 2.40. The van der Waals surface area contributed by atoms with Gasteiger partial charge in [0.2, 0.25) is 23.6 Å². The zero-order chi connectivity index (χ0) is 38.3. The van der Waals surface area contributed by atoms with Gasteiger partial charge in [-0.05, 0) is 60.1 Å². The van der Waals surface area contributed by atoms with Crippen molar-refractivity contribution >= 4 is 47.2 Å². The van der Waals surface area contributed by atoms with Gasteiger partial charge in [0.05, 0.1) is 26.1 Å². The lowest BCUT2D eigenvalue weighted by Crippen LogP contribution is -2.51. The Morgan fingerprint density at radius 2 is 0.942 bits per heavy atom. The minimum Gasteiger partial charge on any atom is -0.453 e. The van der Waals surface area contributed by atoms with Gasteiger partial charge in [-0.25, -0.2) is 9.59 Å². The van der Waals surface area contributed by atoms with Crippen LogP contribution in [0.5, 0.6) is 0 Å². The number of anilines is 2. The average Bonchev–Trinajstić information content (AvgIpc) is 3.83. The summed E-state index contributed by atoms with van der Waals surface area (Å²) < 4.78 is 9.61. The zero-order valence-corrected chi connectivity index (χ0v) is 31.4. The average molecular weight is 721 g/mol. The van der Waals surface area contributed by atoms with E-state index in [2.05, 4.69) is 10.6 Å². The Morgan fingerprint density at radius 1 is 0.615 bits per heavy atom. The van der Waals surface area contributed by atoms with E-state index in [0.29, 0.717) is 37.3 Å². The molecule has 282 valence electrons. The minimum absolute atomic E-state index is 0.132. The molecule has 0 aromatic heterocycles. The van der Waals surface area contributed by atoms with Crippen molar-refractivity contribution in [2.75, 3.05) is 65.1 Å². The molecule has 14 nitrogen and oxygen atoms in total. The van der Waals surface area contributed by atoms with Crippen molar-refractivity contribution in [2.24, 2.45) is 23.7 Å². The molecule has 2 fully saturated rings. The second-order valence-electron chi connectivity index (χ2n) is 14.2. The van der Waals surface area contributed by atoms with Crippen molar-refractivity contribution in [1.29, 1.82) is 0 Å². The monoisotopic (exact) mass is 720 g/mol. The third-order valence-electron chi connectivity index (χ3n) is 9.91. The lowest BCUT2D eigenvalue weighted by Gasteiger charge is -2.32. The Kier molecular flexibility index (Phi) is 13.3. The van der Waals surface area contributed by atoms with Crippen molar-refractivity contribution < 1.29 is 38.2 Å². The van der Waals surface area contributed by atoms with Crippen LogP contribution in [0.2, 0.25) is 0 Å². The van der Waals surface area contributed by atoms with E-state index in [-0.39, 0.29) is 60.4 Å². The number of hydrogen-bond acceptors (Lipinski definition) is 8. The van der Waals surface area contributed by atoms with E-state index >= 15 is 0 Å². The highest BCUT2D eigenvalue weighted by molar-refractivity contribution is 5.95. The number of nitrogens with zero attached hydrogens (tertiary/aromatic N) is 4. The number of amides is 6. The first-order valence-corrected chi connectivity index (χ1v) is 17.7. The summed E-state index contributed by atoms with van der Waals surface area (Å²) in [5.41, 5.74) is 3.11. The van der Waals surface area contributed by atoms with Crippen LogP contribution in [0.4, 0.5) is 21.0 Å². The molecule has 2 aliphatic rings. The smallest absolute Gasteiger partial charge is 0.409 e. The van der Waals surface area contributed by atoms with E-state index in [1.807, 2.05) is 76.2 Å². The van der Waals surface area contributed by atoms with E-state index in [9.17, 15) is 28.8 Å². The number of likely N-dealkylation sites (tertiary alicyclic amines) is 2. The molecule has 14 heteroatoms. The van der Waals surface area contributed by atoms with Gasteiger partial charge in [0.25, 0.3) is 0 Å². The van der Waals surface area contributed by atoms with Crippen LogP contribution in [-0.4, -0.2) is 122 Å². The van der Waals surface area contributed by atoms with Gasteiger partial charge < -0.3 is 29.9 Å². The maximum Gasteiger partial charge on any atom is 0.409 e. The van der Waals surface area contributed by atoms with Crippen molar-refractivity contribution in [1.82, 2.24) is 19.6 Å². The maximum atomic E-state index is 13.3. The fraction of sp³-hybridized carbons (Fsp3) is 0.526. The number of carbonyl (C=O) groups excluding carboxylic acids is 6. The van der Waals surface area contributed by atoms with Crippen molar-refractivity contribution in [3.63, 3.8) is 0 Å². The Morgan fingerprint density at radius 3 is 1.23 bits per heavy atom. The molecule has 0 bridgehead atoms. The molecule has 2 saturated heterocycles. The number of ether oxygens (including phenoxy) is 2. The van der Waals surface area contributed by atoms with Crippen LogP contribution >= 0.6 is 0 Å². The van der Waals surface area contributed by atoms with Crippen molar-refractivity contribution in [2.45, 2.75) is 52.6 Å². The summed E-state index contributed by atoms with van der Waals surface area (Å²) in [5, 5.41) is 5.92. The van der Waals surface area contributed by atoms with Gasteiger partial charge in [0.15, 0.2) is 0 Å². The molecule has 4 rings (SSSR count). The van der Waals surface area contributed by atoms with Crippen LogP contribution in [0.1, 0.15) is 40.5 Å². The third kappa shape index (κ3) is 9.20. The lowest BCUT2D eigenvalue weighted by atomic mass is 10.0. The molecule has 6 amide bonds. The summed E-state index contributed by atoms with van der Waals surface area (Å²) in [6, 6.07) is 13.5. The highest BCUT2D eigenvalue weighted by atomic mass is 16.5. The van der Waals surface area contributed by atoms with Gasteiger partial charge in [0.1, 0.15) is 12.1 Å². The predicted octanol–water partition coefficient (Wildman–Crippen LogP) is 4.37. The first-order chi connectivity index (χ1) is 24.7. The van der Waals surface area contributed by atoms with Crippen molar-refractivity contribution in [3.05, 3.63) is 48.5 Å². The molecule has 2 aromatic rings. The number of likely N-dealkylation sites (N-methyl/N-ethyl adjacent to an activating group) is 2. The van der Waals surface area contributed by atoms with E-state index in [1.54, 1.807) is 23.9 Å². The van der Waals surface area contributed by atoms with Crippen LogP contribution in [0, 0.1) is 23.7 Å². The Bertz CT molecular complexity index is 1490. The van der Waals surface area contributed by atoms with Gasteiger partial charge in [-0.15, -0.1) is 0 Å². The molecular weight excluding hydrogens is 668 g/mol. The predicted molar refractivity (Wildman–Crippen MR) is 196 cm³/mol. The van der Waals surface area contributed by atoms with E-state index < -0.39 is 24.3 Å². The first kappa shape index (κ1) is 39.6. The van der Waals surface area contributed by atoms with Gasteiger partial charge >= 0.3 is 12.2 Å². The molecule has 2 heterocycles. The molecule has 0 unspecified atom stereocenters. The van der Waals surface area contributed by atoms with Crippen LogP contribution < -0.4 is 10.6 Å². The number of benzene rings is 2. The van der Waals surface area contributed by atoms with Gasteiger partial charge in [-0.1, -0.05) is 52.0 Å². The zero-order valence-electron chi connectivity index (χ0n) is 31.4. The molecule has 0 spiro atoms. The molecule has 2 aromatic carbocycles. The van der Waals surface area contributed by atoms with Crippen molar-refractivity contribution in [3.8, 4) is 11.1 Å².